The van der Waals surface area contributed by atoms with Crippen LogP contribution in [0.5, 0.6) is 0 Å². The number of imide groups is 1. The Morgan fingerprint density at radius 2 is 1.84 bits per heavy atom. The molecule has 0 radical (unpaired) electrons. The Morgan fingerprint density at radius 1 is 1.11 bits per heavy atom. The van der Waals surface area contributed by atoms with E-state index in [1.807, 2.05) is 39.9 Å². The molecule has 2 aliphatic heterocycles. The molecule has 5 rings (SSSR count). The van der Waals surface area contributed by atoms with E-state index in [1.165, 1.54) is 4.90 Å². The third-order valence-corrected chi connectivity index (χ3v) is 8.41. The van der Waals surface area contributed by atoms with Gasteiger partial charge in [0.05, 0.1) is 17.0 Å². The van der Waals surface area contributed by atoms with Gasteiger partial charge in [0, 0.05) is 35.3 Å². The molecule has 0 unspecified atom stereocenters. The maximum absolute atomic E-state index is 13.2. The topological polar surface area (TPSA) is 62.6 Å². The minimum absolute atomic E-state index is 0.115. The molecule has 3 aromatic rings. The SMILES string of the molecule is CCc1cccc2c(/C=C3\SC(=O)N(Cc4ccc(Cl)cc4)C3=O)cn(CC(=O)N3CCC(C)CC3)c12. The van der Waals surface area contributed by atoms with Crippen LogP contribution in [0.15, 0.2) is 53.6 Å². The van der Waals surface area contributed by atoms with Gasteiger partial charge in [0.2, 0.25) is 5.91 Å². The molecule has 0 atom stereocenters. The summed E-state index contributed by atoms with van der Waals surface area (Å²) in [6.07, 6.45) is 6.64. The molecule has 6 nitrogen and oxygen atoms in total. The van der Waals surface area contributed by atoms with Crippen LogP contribution in [0.25, 0.3) is 17.0 Å². The highest BCUT2D eigenvalue weighted by Gasteiger charge is 2.35. The van der Waals surface area contributed by atoms with Crippen LogP contribution in [0.4, 0.5) is 4.79 Å². The van der Waals surface area contributed by atoms with Crippen molar-refractivity contribution in [2.75, 3.05) is 13.1 Å². The molecule has 2 fully saturated rings. The smallest absolute Gasteiger partial charge is 0.293 e. The fourth-order valence-electron chi connectivity index (χ4n) is 5.04. The van der Waals surface area contributed by atoms with Crippen LogP contribution < -0.4 is 0 Å². The third-order valence-electron chi connectivity index (χ3n) is 7.25. The summed E-state index contributed by atoms with van der Waals surface area (Å²) in [5.74, 6) is 0.463. The van der Waals surface area contributed by atoms with Gasteiger partial charge in [-0.25, -0.2) is 0 Å². The number of hydrogen-bond donors (Lipinski definition) is 0. The Labute approximate surface area is 226 Å². The number of thioether (sulfide) groups is 1. The quantitative estimate of drug-likeness (QED) is 0.345. The van der Waals surface area contributed by atoms with E-state index in [4.69, 9.17) is 11.6 Å². The van der Waals surface area contributed by atoms with E-state index in [2.05, 4.69) is 19.9 Å². The van der Waals surface area contributed by atoms with Gasteiger partial charge in [0.15, 0.2) is 0 Å². The highest BCUT2D eigenvalue weighted by molar-refractivity contribution is 8.18. The minimum Gasteiger partial charge on any atom is -0.341 e. The number of aromatic nitrogens is 1. The monoisotopic (exact) mass is 535 g/mol. The average molecular weight is 536 g/mol. The van der Waals surface area contributed by atoms with E-state index in [-0.39, 0.29) is 30.1 Å². The lowest BCUT2D eigenvalue weighted by Gasteiger charge is -2.30. The molecule has 2 saturated heterocycles. The van der Waals surface area contributed by atoms with Crippen LogP contribution in [0, 0.1) is 5.92 Å². The first kappa shape index (κ1) is 25.6. The third kappa shape index (κ3) is 5.34. The Balaban J connectivity index is 1.44. The summed E-state index contributed by atoms with van der Waals surface area (Å²) >= 11 is 6.92. The van der Waals surface area contributed by atoms with E-state index < -0.39 is 0 Å². The first-order valence-electron chi connectivity index (χ1n) is 12.7. The standard InChI is InChI=1S/C29H30ClN3O3S/c1-3-21-5-4-6-24-22(17-32(27(21)24)18-26(34)31-13-11-19(2)12-14-31)15-25-28(35)33(29(36)37-25)16-20-7-9-23(30)10-8-20/h4-10,15,17,19H,3,11-14,16,18H2,1-2H3/b25-15-. The van der Waals surface area contributed by atoms with Crippen molar-refractivity contribution in [1.82, 2.24) is 14.4 Å². The molecule has 2 aromatic carbocycles. The number of benzene rings is 2. The van der Waals surface area contributed by atoms with Crippen molar-refractivity contribution >= 4 is 57.4 Å². The summed E-state index contributed by atoms with van der Waals surface area (Å²) in [6, 6.07) is 13.2. The van der Waals surface area contributed by atoms with Gasteiger partial charge >= 0.3 is 0 Å². The van der Waals surface area contributed by atoms with E-state index >= 15 is 0 Å². The Morgan fingerprint density at radius 3 is 2.54 bits per heavy atom. The molecule has 0 spiro atoms. The highest BCUT2D eigenvalue weighted by atomic mass is 35.5. The number of amides is 3. The van der Waals surface area contributed by atoms with Crippen LogP contribution in [-0.4, -0.2) is 44.5 Å². The first-order chi connectivity index (χ1) is 17.8. The molecule has 0 bridgehead atoms. The molecular weight excluding hydrogens is 506 g/mol. The number of rotatable bonds is 6. The zero-order valence-corrected chi connectivity index (χ0v) is 22.6. The number of carbonyl (C=O) groups excluding carboxylic acids is 3. The van der Waals surface area contributed by atoms with Gasteiger partial charge < -0.3 is 9.47 Å². The highest BCUT2D eigenvalue weighted by Crippen LogP contribution is 2.36. The molecule has 37 heavy (non-hydrogen) atoms. The van der Waals surface area contributed by atoms with Gasteiger partial charge in [-0.05, 0) is 66.3 Å². The molecule has 3 amide bonds. The lowest BCUT2D eigenvalue weighted by Crippen LogP contribution is -2.39. The van der Waals surface area contributed by atoms with Crippen molar-refractivity contribution in [2.24, 2.45) is 5.92 Å². The predicted octanol–water partition coefficient (Wildman–Crippen LogP) is 6.35. The molecular formula is C29H30ClN3O3S. The largest absolute Gasteiger partial charge is 0.341 e. The average Bonchev–Trinajstić information content (AvgIpc) is 3.37. The molecule has 0 saturated carbocycles. The van der Waals surface area contributed by atoms with Crippen molar-refractivity contribution in [2.45, 2.75) is 46.2 Å². The van der Waals surface area contributed by atoms with Crippen LogP contribution in [0.2, 0.25) is 5.02 Å². The molecule has 1 aromatic heterocycles. The minimum atomic E-state index is -0.309. The summed E-state index contributed by atoms with van der Waals surface area (Å²) < 4.78 is 2.01. The van der Waals surface area contributed by atoms with E-state index in [1.54, 1.807) is 18.2 Å². The molecule has 0 aliphatic carbocycles. The van der Waals surface area contributed by atoms with Gasteiger partial charge in [0.25, 0.3) is 11.1 Å². The second kappa shape index (κ2) is 10.8. The van der Waals surface area contributed by atoms with Gasteiger partial charge in [-0.1, -0.05) is 55.8 Å². The fraction of sp³-hybridized carbons (Fsp3) is 0.345. The van der Waals surface area contributed by atoms with Crippen molar-refractivity contribution in [3.8, 4) is 0 Å². The summed E-state index contributed by atoms with van der Waals surface area (Å²) in [7, 11) is 0. The van der Waals surface area contributed by atoms with E-state index in [9.17, 15) is 14.4 Å². The van der Waals surface area contributed by atoms with Crippen LogP contribution in [0.1, 0.15) is 43.4 Å². The van der Waals surface area contributed by atoms with Crippen molar-refractivity contribution < 1.29 is 14.4 Å². The van der Waals surface area contributed by atoms with Crippen LogP contribution >= 0.6 is 23.4 Å². The van der Waals surface area contributed by atoms with Crippen molar-refractivity contribution in [1.29, 1.82) is 0 Å². The number of halogens is 1. The molecule has 0 N–H and O–H groups in total. The summed E-state index contributed by atoms with van der Waals surface area (Å²) in [5, 5.41) is 1.29. The number of hydrogen-bond acceptors (Lipinski definition) is 4. The Hall–Kier alpha value is -3.03. The van der Waals surface area contributed by atoms with Gasteiger partial charge in [-0.2, -0.15) is 0 Å². The molecule has 8 heteroatoms. The number of aryl methyl sites for hydroxylation is 1. The summed E-state index contributed by atoms with van der Waals surface area (Å²) in [4.78, 5) is 42.7. The van der Waals surface area contributed by atoms with Crippen molar-refractivity contribution in [3.05, 3.63) is 75.3 Å². The van der Waals surface area contributed by atoms with Gasteiger partial charge in [-0.15, -0.1) is 0 Å². The second-order valence-electron chi connectivity index (χ2n) is 9.84. The maximum atomic E-state index is 13.2. The number of piperidine rings is 1. The Kier molecular flexibility index (Phi) is 7.45. The van der Waals surface area contributed by atoms with Crippen molar-refractivity contribution in [3.63, 3.8) is 0 Å². The van der Waals surface area contributed by atoms with Crippen LogP contribution in [-0.2, 0) is 29.1 Å². The van der Waals surface area contributed by atoms with Crippen LogP contribution in [0.3, 0.4) is 0 Å². The lowest BCUT2D eigenvalue weighted by atomic mass is 9.99. The summed E-state index contributed by atoms with van der Waals surface area (Å²) in [5.41, 5.74) is 3.83. The Bertz CT molecular complexity index is 1390. The predicted molar refractivity (Wildman–Crippen MR) is 149 cm³/mol. The number of likely N-dealkylation sites (tertiary alicyclic amines) is 1. The number of nitrogens with zero attached hydrogens (tertiary/aromatic N) is 3. The summed E-state index contributed by atoms with van der Waals surface area (Å²) in [6.45, 7) is 6.39. The first-order valence-corrected chi connectivity index (χ1v) is 13.9. The number of para-hydroxylation sites is 1. The number of fused-ring (bicyclic) bond motifs is 1. The zero-order valence-electron chi connectivity index (χ0n) is 21.1. The van der Waals surface area contributed by atoms with E-state index in [0.717, 1.165) is 71.7 Å². The number of carbonyl (C=O) groups is 3. The molecule has 3 heterocycles. The fourth-order valence-corrected chi connectivity index (χ4v) is 6.00. The lowest BCUT2D eigenvalue weighted by molar-refractivity contribution is -0.133. The molecule has 2 aliphatic rings. The van der Waals surface area contributed by atoms with Gasteiger partial charge in [-0.3, -0.25) is 19.3 Å². The second-order valence-corrected chi connectivity index (χ2v) is 11.3. The van der Waals surface area contributed by atoms with E-state index in [0.29, 0.717) is 15.8 Å². The molecule has 192 valence electrons. The maximum Gasteiger partial charge on any atom is 0.293 e. The zero-order chi connectivity index (χ0) is 26.1. The normalized spacial score (nSPS) is 18.0. The van der Waals surface area contributed by atoms with Gasteiger partial charge in [0.1, 0.15) is 6.54 Å².